The van der Waals surface area contributed by atoms with Gasteiger partial charge in [0.1, 0.15) is 5.75 Å². The number of aromatic nitrogens is 2. The topological polar surface area (TPSA) is 81.4 Å². The maximum atomic E-state index is 13.1. The van der Waals surface area contributed by atoms with Gasteiger partial charge < -0.3 is 14.4 Å². The summed E-state index contributed by atoms with van der Waals surface area (Å²) in [5.74, 6) is 0.345. The molecule has 1 atom stereocenters. The van der Waals surface area contributed by atoms with Gasteiger partial charge in [-0.15, -0.1) is 0 Å². The predicted octanol–water partition coefficient (Wildman–Crippen LogP) is 2.63. The second kappa shape index (κ2) is 5.62. The molecule has 2 aromatic heterocycles. The van der Waals surface area contributed by atoms with E-state index >= 15 is 0 Å². The van der Waals surface area contributed by atoms with Gasteiger partial charge in [-0.05, 0) is 48.9 Å². The van der Waals surface area contributed by atoms with Gasteiger partial charge in [0.15, 0.2) is 11.4 Å². The van der Waals surface area contributed by atoms with Crippen molar-refractivity contribution in [3.05, 3.63) is 63.5 Å². The van der Waals surface area contributed by atoms with Crippen LogP contribution in [0.4, 0.5) is 0 Å². The fourth-order valence-corrected chi connectivity index (χ4v) is 4.15. The molecule has 6 nitrogen and oxygen atoms in total. The van der Waals surface area contributed by atoms with E-state index in [4.69, 9.17) is 9.72 Å². The molecule has 140 valence electrons. The number of ether oxygens (including phenoxy) is 1. The smallest absolute Gasteiger partial charge is 0.259 e. The molecule has 0 bridgehead atoms. The number of carbonyl (C=O) groups is 1. The number of pyridine rings is 2. The van der Waals surface area contributed by atoms with Crippen molar-refractivity contribution in [2.45, 2.75) is 25.5 Å². The Morgan fingerprint density at radius 2 is 2.04 bits per heavy atom. The van der Waals surface area contributed by atoms with E-state index in [-0.39, 0.29) is 12.0 Å². The average Bonchev–Trinajstić information content (AvgIpc) is 3.07. The minimum atomic E-state index is -1.67. The summed E-state index contributed by atoms with van der Waals surface area (Å²) in [5.41, 5.74) is 1.89. The summed E-state index contributed by atoms with van der Waals surface area (Å²) < 4.78 is 6.94. The zero-order valence-corrected chi connectivity index (χ0v) is 15.5. The molecule has 1 aliphatic heterocycles. The number of fused-ring (bicyclic) bond motifs is 5. The number of aliphatic hydroxyl groups is 1. The minimum Gasteiger partial charge on any atom is -0.497 e. The second-order valence-corrected chi connectivity index (χ2v) is 7.21. The van der Waals surface area contributed by atoms with Crippen molar-refractivity contribution >= 4 is 22.8 Å². The van der Waals surface area contributed by atoms with Crippen LogP contribution < -0.4 is 10.3 Å². The third-order valence-electron chi connectivity index (χ3n) is 5.78. The first-order valence-electron chi connectivity index (χ1n) is 9.17. The number of hydrogen-bond donors (Lipinski definition) is 1. The maximum Gasteiger partial charge on any atom is 0.259 e. The molecular weight excluding hydrogens is 356 g/mol. The summed E-state index contributed by atoms with van der Waals surface area (Å²) in [5, 5.41) is 11.9. The first-order chi connectivity index (χ1) is 13.5. The first-order valence-corrected chi connectivity index (χ1v) is 9.17. The first kappa shape index (κ1) is 16.9. The highest BCUT2D eigenvalue weighted by Crippen LogP contribution is 2.38. The lowest BCUT2D eigenvalue weighted by molar-refractivity contribution is -0.133. The Bertz CT molecular complexity index is 1270. The molecule has 0 saturated carbocycles. The molecule has 0 amide bonds. The highest BCUT2D eigenvalue weighted by molar-refractivity contribution is 6.04. The van der Waals surface area contributed by atoms with Crippen LogP contribution in [0.2, 0.25) is 0 Å². The van der Waals surface area contributed by atoms with Crippen LogP contribution in [-0.4, -0.2) is 27.6 Å². The highest BCUT2D eigenvalue weighted by Gasteiger charge is 2.41. The van der Waals surface area contributed by atoms with Gasteiger partial charge >= 0.3 is 0 Å². The normalized spacial score (nSPS) is 19.5. The van der Waals surface area contributed by atoms with Crippen LogP contribution in [0.15, 0.2) is 41.2 Å². The van der Waals surface area contributed by atoms with Gasteiger partial charge in [0.05, 0.1) is 30.6 Å². The number of benzene rings is 1. The quantitative estimate of drug-likeness (QED) is 0.583. The zero-order valence-electron chi connectivity index (χ0n) is 15.5. The molecule has 0 saturated heterocycles. The molecule has 1 aromatic carbocycles. The molecule has 1 unspecified atom stereocenters. The van der Waals surface area contributed by atoms with Crippen LogP contribution in [0.1, 0.15) is 30.0 Å². The van der Waals surface area contributed by atoms with E-state index in [0.29, 0.717) is 29.1 Å². The Hall–Kier alpha value is -3.25. The van der Waals surface area contributed by atoms with E-state index < -0.39 is 11.4 Å². The van der Waals surface area contributed by atoms with Crippen LogP contribution in [0.25, 0.3) is 28.4 Å². The van der Waals surface area contributed by atoms with Gasteiger partial charge in [-0.2, -0.15) is 0 Å². The second-order valence-electron chi connectivity index (χ2n) is 7.21. The van der Waals surface area contributed by atoms with Gasteiger partial charge in [-0.3, -0.25) is 9.59 Å². The molecule has 0 fully saturated rings. The summed E-state index contributed by atoms with van der Waals surface area (Å²) in [6.07, 6.45) is 3.00. The minimum absolute atomic E-state index is 0.198. The third-order valence-corrected chi connectivity index (χ3v) is 5.78. The van der Waals surface area contributed by atoms with E-state index in [9.17, 15) is 14.7 Å². The molecule has 0 radical (unpaired) electrons. The summed E-state index contributed by atoms with van der Waals surface area (Å²) in [7, 11) is 1.62. The molecule has 1 aliphatic carbocycles. The number of rotatable bonds is 2. The molecule has 3 aromatic rings. The van der Waals surface area contributed by atoms with Gasteiger partial charge in [-0.25, -0.2) is 4.98 Å². The molecule has 0 spiro atoms. The Morgan fingerprint density at radius 1 is 1.21 bits per heavy atom. The van der Waals surface area contributed by atoms with Crippen LogP contribution in [-0.2, 0) is 16.9 Å². The van der Waals surface area contributed by atoms with E-state index in [1.165, 1.54) is 12.2 Å². The van der Waals surface area contributed by atoms with Crippen molar-refractivity contribution in [3.63, 3.8) is 0 Å². The number of methoxy groups -OCH3 is 1. The summed E-state index contributed by atoms with van der Waals surface area (Å²) in [6, 6.07) is 9.39. The van der Waals surface area contributed by atoms with Crippen molar-refractivity contribution in [1.82, 2.24) is 9.55 Å². The van der Waals surface area contributed by atoms with Gasteiger partial charge in [-0.1, -0.05) is 6.92 Å². The predicted molar refractivity (Wildman–Crippen MR) is 105 cm³/mol. The Balaban J connectivity index is 1.78. The van der Waals surface area contributed by atoms with Crippen molar-refractivity contribution < 1.29 is 14.6 Å². The summed E-state index contributed by atoms with van der Waals surface area (Å²) in [4.78, 5) is 30.2. The van der Waals surface area contributed by atoms with Crippen LogP contribution in [0, 0.1) is 0 Å². The van der Waals surface area contributed by atoms with Crippen LogP contribution in [0.3, 0.4) is 0 Å². The standard InChI is InChI=1S/C22H18N2O4/c1-3-22(27)16-10-18-20-13(8-12-9-14(28-2)4-6-17(12)23-20)11-24(18)21(26)15(16)5-7-19(22)25/h4-10,27H,3,11H2,1-2H3. The molecule has 3 heterocycles. The van der Waals surface area contributed by atoms with Crippen molar-refractivity contribution in [2.75, 3.05) is 7.11 Å². The fourth-order valence-electron chi connectivity index (χ4n) is 4.15. The van der Waals surface area contributed by atoms with Crippen molar-refractivity contribution in [1.29, 1.82) is 0 Å². The van der Waals surface area contributed by atoms with Crippen LogP contribution in [0.5, 0.6) is 5.75 Å². The van der Waals surface area contributed by atoms with Gasteiger partial charge in [0.25, 0.3) is 5.56 Å². The summed E-state index contributed by atoms with van der Waals surface area (Å²) in [6.45, 7) is 2.14. The Morgan fingerprint density at radius 3 is 2.79 bits per heavy atom. The van der Waals surface area contributed by atoms with E-state index in [1.807, 2.05) is 24.3 Å². The van der Waals surface area contributed by atoms with Gasteiger partial charge in [0.2, 0.25) is 0 Å². The van der Waals surface area contributed by atoms with E-state index in [1.54, 1.807) is 24.7 Å². The van der Waals surface area contributed by atoms with E-state index in [2.05, 4.69) is 0 Å². The maximum absolute atomic E-state index is 13.1. The molecule has 1 N–H and O–H groups in total. The lowest BCUT2D eigenvalue weighted by atomic mass is 9.80. The average molecular weight is 374 g/mol. The molecule has 5 rings (SSSR count). The van der Waals surface area contributed by atoms with Crippen molar-refractivity contribution in [3.8, 4) is 17.1 Å². The van der Waals surface area contributed by atoms with Crippen molar-refractivity contribution in [2.24, 2.45) is 0 Å². The molecule has 2 aliphatic rings. The highest BCUT2D eigenvalue weighted by atomic mass is 16.5. The Labute approximate surface area is 160 Å². The third kappa shape index (κ3) is 2.09. The number of ketones is 1. The van der Waals surface area contributed by atoms with Gasteiger partial charge in [0, 0.05) is 22.1 Å². The lowest BCUT2D eigenvalue weighted by Crippen LogP contribution is -2.39. The number of nitrogens with zero attached hydrogens (tertiary/aromatic N) is 2. The number of hydrogen-bond acceptors (Lipinski definition) is 5. The molecule has 28 heavy (non-hydrogen) atoms. The lowest BCUT2D eigenvalue weighted by Gasteiger charge is -2.29. The zero-order chi connectivity index (χ0) is 19.6. The number of carbonyl (C=O) groups excluding carboxylic acids is 1. The SMILES string of the molecule is CCC1(O)C(=O)C=Cc2c1cc1n(c2=O)Cc2cc3cc(OC)ccc3nc2-1. The summed E-state index contributed by atoms with van der Waals surface area (Å²) >= 11 is 0. The molecular formula is C22H18N2O4. The largest absolute Gasteiger partial charge is 0.497 e. The fraction of sp³-hybridized carbons (Fsp3) is 0.227. The van der Waals surface area contributed by atoms with Crippen LogP contribution >= 0.6 is 0 Å². The molecule has 6 heteroatoms. The van der Waals surface area contributed by atoms with E-state index in [0.717, 1.165) is 22.2 Å². The Kier molecular flexibility index (Phi) is 3.39. The monoisotopic (exact) mass is 374 g/mol.